The van der Waals surface area contributed by atoms with E-state index in [9.17, 15) is 0 Å². The molecule has 0 fully saturated rings. The van der Waals surface area contributed by atoms with E-state index in [1.807, 2.05) is 18.0 Å². The van der Waals surface area contributed by atoms with E-state index >= 15 is 0 Å². The first-order valence-corrected chi connectivity index (χ1v) is 6.76. The number of nitrogens with zero attached hydrogens (tertiary/aromatic N) is 4. The molecule has 7 heteroatoms. The molecule has 3 rings (SSSR count). The van der Waals surface area contributed by atoms with E-state index in [2.05, 4.69) is 34.2 Å². The molecule has 0 aliphatic carbocycles. The van der Waals surface area contributed by atoms with Crippen molar-refractivity contribution in [3.63, 3.8) is 0 Å². The number of aromatic nitrogens is 4. The Balaban J connectivity index is 1.71. The molecule has 7 nitrogen and oxygen atoms in total. The van der Waals surface area contributed by atoms with Crippen LogP contribution in [0.15, 0.2) is 33.3 Å². The van der Waals surface area contributed by atoms with Crippen molar-refractivity contribution < 1.29 is 8.83 Å². The lowest BCUT2D eigenvalue weighted by Gasteiger charge is -2.12. The van der Waals surface area contributed by atoms with Crippen LogP contribution < -0.4 is 4.90 Å². The molecule has 0 amide bonds. The van der Waals surface area contributed by atoms with Gasteiger partial charge in [0.05, 0.1) is 12.8 Å². The van der Waals surface area contributed by atoms with E-state index in [-0.39, 0.29) is 0 Å². The lowest BCUT2D eigenvalue weighted by molar-refractivity contribution is 0.478. The summed E-state index contributed by atoms with van der Waals surface area (Å²) >= 11 is 0. The largest absolute Gasteiger partial charge is 0.459 e. The van der Waals surface area contributed by atoms with Crippen LogP contribution in [-0.4, -0.2) is 27.4 Å². The van der Waals surface area contributed by atoms with Crippen molar-refractivity contribution >= 4 is 5.82 Å². The van der Waals surface area contributed by atoms with Gasteiger partial charge in [0.2, 0.25) is 5.89 Å². The van der Waals surface area contributed by atoms with Crippen LogP contribution in [0.3, 0.4) is 0 Å². The molecule has 0 spiro atoms. The van der Waals surface area contributed by atoms with Crippen LogP contribution in [-0.2, 0) is 6.54 Å². The Hall–Kier alpha value is -2.57. The molecule has 0 aliphatic heterocycles. The lowest BCUT2D eigenvalue weighted by Crippen LogP contribution is -2.16. The first kappa shape index (κ1) is 13.4. The smallest absolute Gasteiger partial charge is 0.283 e. The van der Waals surface area contributed by atoms with Gasteiger partial charge in [-0.2, -0.15) is 5.10 Å². The normalized spacial score (nSPS) is 11.2. The van der Waals surface area contributed by atoms with Crippen LogP contribution in [0.2, 0.25) is 0 Å². The zero-order chi connectivity index (χ0) is 14.8. The summed E-state index contributed by atoms with van der Waals surface area (Å²) in [6.07, 6.45) is 1.57. The first-order valence-electron chi connectivity index (χ1n) is 6.76. The maximum absolute atomic E-state index is 5.58. The zero-order valence-corrected chi connectivity index (χ0v) is 12.2. The SMILES string of the molecule is CC(C)c1cc(N(C)Cc2nnc(-c3ccco3)o2)n[nH]1. The number of hydrogen-bond donors (Lipinski definition) is 1. The second-order valence-electron chi connectivity index (χ2n) is 5.17. The summed E-state index contributed by atoms with van der Waals surface area (Å²) in [4.78, 5) is 1.95. The van der Waals surface area contributed by atoms with Crippen molar-refractivity contribution in [2.24, 2.45) is 0 Å². The monoisotopic (exact) mass is 287 g/mol. The van der Waals surface area contributed by atoms with Gasteiger partial charge in [-0.15, -0.1) is 10.2 Å². The molecule has 0 saturated heterocycles. The van der Waals surface area contributed by atoms with E-state index < -0.39 is 0 Å². The minimum Gasteiger partial charge on any atom is -0.459 e. The number of H-pyrrole nitrogens is 1. The highest BCUT2D eigenvalue weighted by atomic mass is 16.4. The van der Waals surface area contributed by atoms with E-state index in [4.69, 9.17) is 8.83 Å². The number of nitrogens with one attached hydrogen (secondary N) is 1. The molecule has 0 aliphatic rings. The summed E-state index contributed by atoms with van der Waals surface area (Å²) in [6, 6.07) is 5.58. The molecule has 3 heterocycles. The maximum atomic E-state index is 5.58. The van der Waals surface area contributed by atoms with Crippen LogP contribution in [0.4, 0.5) is 5.82 Å². The molecule has 0 unspecified atom stereocenters. The highest BCUT2D eigenvalue weighted by Crippen LogP contribution is 2.21. The van der Waals surface area contributed by atoms with Crippen molar-refractivity contribution in [1.29, 1.82) is 0 Å². The van der Waals surface area contributed by atoms with E-state index in [0.717, 1.165) is 11.5 Å². The van der Waals surface area contributed by atoms with Gasteiger partial charge in [-0.3, -0.25) is 5.10 Å². The fraction of sp³-hybridized carbons (Fsp3) is 0.357. The molecule has 0 bridgehead atoms. The third-order valence-electron chi connectivity index (χ3n) is 3.17. The number of hydrogen-bond acceptors (Lipinski definition) is 6. The van der Waals surface area contributed by atoms with Gasteiger partial charge in [-0.05, 0) is 18.1 Å². The molecule has 0 saturated carbocycles. The second kappa shape index (κ2) is 5.43. The van der Waals surface area contributed by atoms with Crippen molar-refractivity contribution in [2.75, 3.05) is 11.9 Å². The average molecular weight is 287 g/mol. The van der Waals surface area contributed by atoms with Crippen molar-refractivity contribution in [3.05, 3.63) is 36.0 Å². The van der Waals surface area contributed by atoms with Gasteiger partial charge in [0.15, 0.2) is 11.6 Å². The number of anilines is 1. The lowest BCUT2D eigenvalue weighted by atomic mass is 10.1. The molecule has 0 atom stereocenters. The Kier molecular flexibility index (Phi) is 3.47. The van der Waals surface area contributed by atoms with E-state index in [1.165, 1.54) is 0 Å². The van der Waals surface area contributed by atoms with Crippen molar-refractivity contribution in [2.45, 2.75) is 26.3 Å². The molecule has 21 heavy (non-hydrogen) atoms. The maximum Gasteiger partial charge on any atom is 0.283 e. The van der Waals surface area contributed by atoms with Crippen LogP contribution in [0.1, 0.15) is 31.4 Å². The molecule has 110 valence electrons. The summed E-state index contributed by atoms with van der Waals surface area (Å²) in [5.41, 5.74) is 1.10. The van der Waals surface area contributed by atoms with Crippen LogP contribution >= 0.6 is 0 Å². The molecule has 3 aromatic heterocycles. The van der Waals surface area contributed by atoms with Gasteiger partial charge >= 0.3 is 0 Å². The first-order chi connectivity index (χ1) is 10.1. The highest BCUT2D eigenvalue weighted by molar-refractivity contribution is 5.43. The highest BCUT2D eigenvalue weighted by Gasteiger charge is 2.14. The molecular formula is C14H17N5O2. The fourth-order valence-electron chi connectivity index (χ4n) is 1.92. The zero-order valence-electron chi connectivity index (χ0n) is 12.2. The Morgan fingerprint density at radius 3 is 2.86 bits per heavy atom. The summed E-state index contributed by atoms with van der Waals surface area (Å²) in [7, 11) is 1.93. The minimum atomic E-state index is 0.383. The molecule has 3 aromatic rings. The summed E-state index contributed by atoms with van der Waals surface area (Å²) in [6.45, 7) is 4.71. The predicted molar refractivity (Wildman–Crippen MR) is 76.8 cm³/mol. The predicted octanol–water partition coefficient (Wildman–Crippen LogP) is 2.81. The third kappa shape index (κ3) is 2.81. The summed E-state index contributed by atoms with van der Waals surface area (Å²) < 4.78 is 10.8. The van der Waals surface area contributed by atoms with Crippen molar-refractivity contribution in [1.82, 2.24) is 20.4 Å². The number of rotatable bonds is 5. The van der Waals surface area contributed by atoms with Crippen LogP contribution in [0.5, 0.6) is 0 Å². The van der Waals surface area contributed by atoms with Gasteiger partial charge in [0.1, 0.15) is 0 Å². The van der Waals surface area contributed by atoms with Gasteiger partial charge in [0.25, 0.3) is 5.89 Å². The number of aromatic amines is 1. The van der Waals surface area contributed by atoms with Gasteiger partial charge in [-0.25, -0.2) is 0 Å². The van der Waals surface area contributed by atoms with E-state index in [1.54, 1.807) is 18.4 Å². The van der Waals surface area contributed by atoms with Gasteiger partial charge < -0.3 is 13.7 Å². The summed E-state index contributed by atoms with van der Waals surface area (Å²) in [5.74, 6) is 2.72. The third-order valence-corrected chi connectivity index (χ3v) is 3.17. The van der Waals surface area contributed by atoms with Gasteiger partial charge in [0, 0.05) is 18.8 Å². The van der Waals surface area contributed by atoms with Gasteiger partial charge in [-0.1, -0.05) is 13.8 Å². The van der Waals surface area contributed by atoms with Crippen LogP contribution in [0.25, 0.3) is 11.7 Å². The fourth-order valence-corrected chi connectivity index (χ4v) is 1.92. The average Bonchev–Trinajstić information content (AvgIpc) is 3.19. The molecule has 1 N–H and O–H groups in total. The quantitative estimate of drug-likeness (QED) is 0.776. The Morgan fingerprint density at radius 1 is 1.33 bits per heavy atom. The van der Waals surface area contributed by atoms with Crippen LogP contribution in [0, 0.1) is 0 Å². The number of furan rings is 1. The topological polar surface area (TPSA) is 84.0 Å². The molecule has 0 radical (unpaired) electrons. The van der Waals surface area contributed by atoms with E-state index in [0.29, 0.717) is 30.0 Å². The molecular weight excluding hydrogens is 270 g/mol. The Bertz CT molecular complexity index is 699. The minimum absolute atomic E-state index is 0.383. The summed E-state index contributed by atoms with van der Waals surface area (Å²) in [5, 5.41) is 15.3. The Labute approximate surface area is 122 Å². The molecule has 0 aromatic carbocycles. The Morgan fingerprint density at radius 2 is 2.19 bits per heavy atom. The standard InChI is InChI=1S/C14H17N5O2/c1-9(2)10-7-12(16-15-10)19(3)8-13-17-18-14(21-13)11-5-4-6-20-11/h4-7,9H,8H2,1-3H3,(H,15,16). The van der Waals surface area contributed by atoms with Crippen molar-refractivity contribution in [3.8, 4) is 11.7 Å². The second-order valence-corrected chi connectivity index (χ2v) is 5.17.